The number of carboxylic acid groups (broad SMARTS) is 1. The van der Waals surface area contributed by atoms with Crippen LogP contribution < -0.4 is 21.7 Å². The third kappa shape index (κ3) is 8.25. The van der Waals surface area contributed by atoms with Gasteiger partial charge in [0.2, 0.25) is 17.7 Å². The Hall–Kier alpha value is -4.56. The number of carboxylic acids is 1. The quantitative estimate of drug-likeness (QED) is 0.116. The molecule has 0 fully saturated rings. The van der Waals surface area contributed by atoms with E-state index in [-0.39, 0.29) is 19.3 Å². The molecular weight excluding hydrogens is 496 g/mol. The molecular formula is C24H30N8O6. The molecule has 14 nitrogen and oxygen atoms in total. The summed E-state index contributed by atoms with van der Waals surface area (Å²) >= 11 is 0. The van der Waals surface area contributed by atoms with Crippen molar-refractivity contribution >= 4 is 23.7 Å². The first-order valence-corrected chi connectivity index (χ1v) is 11.8. The zero-order valence-electron chi connectivity index (χ0n) is 20.3. The van der Waals surface area contributed by atoms with E-state index in [1.54, 1.807) is 0 Å². The maximum absolute atomic E-state index is 13.1. The monoisotopic (exact) mass is 526 g/mol. The number of aromatic amines is 2. The summed E-state index contributed by atoms with van der Waals surface area (Å²) in [6.07, 6.45) is 5.80. The van der Waals surface area contributed by atoms with Crippen LogP contribution in [0.2, 0.25) is 0 Å². The molecule has 38 heavy (non-hydrogen) atoms. The summed E-state index contributed by atoms with van der Waals surface area (Å²) in [6, 6.07) is 4.17. The van der Waals surface area contributed by atoms with Crippen molar-refractivity contribution in [2.24, 2.45) is 5.73 Å². The number of rotatable bonds is 14. The Morgan fingerprint density at radius 3 is 1.84 bits per heavy atom. The fourth-order valence-corrected chi connectivity index (χ4v) is 3.62. The molecule has 14 heteroatoms. The van der Waals surface area contributed by atoms with Crippen molar-refractivity contribution < 1.29 is 29.4 Å². The van der Waals surface area contributed by atoms with Crippen LogP contribution in [0.25, 0.3) is 0 Å². The van der Waals surface area contributed by atoms with E-state index >= 15 is 0 Å². The molecule has 0 spiro atoms. The number of carbonyl (C=O) groups excluding carboxylic acids is 3. The molecule has 1 aromatic carbocycles. The molecule has 202 valence electrons. The number of aromatic nitrogens is 4. The maximum atomic E-state index is 13.1. The number of carbonyl (C=O) groups is 4. The summed E-state index contributed by atoms with van der Waals surface area (Å²) in [5.41, 5.74) is 7.89. The van der Waals surface area contributed by atoms with E-state index < -0.39 is 54.5 Å². The van der Waals surface area contributed by atoms with Gasteiger partial charge in [-0.25, -0.2) is 14.8 Å². The van der Waals surface area contributed by atoms with Crippen LogP contribution >= 0.6 is 0 Å². The summed E-state index contributed by atoms with van der Waals surface area (Å²) in [4.78, 5) is 63.6. The fourth-order valence-electron chi connectivity index (χ4n) is 3.62. The van der Waals surface area contributed by atoms with Crippen molar-refractivity contribution in [3.8, 4) is 0 Å². The van der Waals surface area contributed by atoms with E-state index in [1.165, 1.54) is 25.0 Å². The van der Waals surface area contributed by atoms with Crippen molar-refractivity contribution in [2.45, 2.75) is 43.4 Å². The minimum atomic E-state index is -1.48. The zero-order chi connectivity index (χ0) is 27.5. The lowest BCUT2D eigenvalue weighted by Gasteiger charge is -2.24. The molecule has 0 aliphatic carbocycles. The maximum Gasteiger partial charge on any atom is 0.326 e. The minimum Gasteiger partial charge on any atom is -0.480 e. The highest BCUT2D eigenvalue weighted by molar-refractivity contribution is 5.94. The van der Waals surface area contributed by atoms with E-state index in [4.69, 9.17) is 5.73 Å². The van der Waals surface area contributed by atoms with Crippen LogP contribution in [0.4, 0.5) is 0 Å². The van der Waals surface area contributed by atoms with Gasteiger partial charge in [-0.05, 0) is 12.0 Å². The Labute approximate surface area is 217 Å². The van der Waals surface area contributed by atoms with Crippen molar-refractivity contribution in [3.05, 3.63) is 72.3 Å². The van der Waals surface area contributed by atoms with Crippen LogP contribution in [0.1, 0.15) is 17.0 Å². The first kappa shape index (κ1) is 28.0. The molecule has 0 bridgehead atoms. The SMILES string of the molecule is NC(Cc1ccccc1)C(=O)NC(Cc1cnc[nH]1)C(=O)NC(CO)C(=O)NC(Cc1cnc[nH]1)C(=O)O. The Kier molecular flexibility index (Phi) is 10.1. The summed E-state index contributed by atoms with van der Waals surface area (Å²) in [6.45, 7) is -0.813. The van der Waals surface area contributed by atoms with Crippen LogP contribution in [0.15, 0.2) is 55.4 Å². The molecule has 3 aromatic rings. The van der Waals surface area contributed by atoms with Gasteiger partial charge < -0.3 is 41.9 Å². The van der Waals surface area contributed by atoms with Gasteiger partial charge in [0.1, 0.15) is 18.1 Å². The smallest absolute Gasteiger partial charge is 0.326 e. The summed E-state index contributed by atoms with van der Waals surface area (Å²) in [5.74, 6) is -3.61. The highest BCUT2D eigenvalue weighted by Crippen LogP contribution is 2.05. The Balaban J connectivity index is 1.66. The molecule has 3 rings (SSSR count). The molecule has 3 amide bonds. The number of imidazole rings is 2. The summed E-state index contributed by atoms with van der Waals surface area (Å²) in [5, 5.41) is 26.5. The molecule has 0 aliphatic rings. The van der Waals surface area contributed by atoms with E-state index in [9.17, 15) is 29.4 Å². The van der Waals surface area contributed by atoms with E-state index in [0.29, 0.717) is 11.4 Å². The van der Waals surface area contributed by atoms with Crippen molar-refractivity contribution in [1.82, 2.24) is 35.9 Å². The van der Waals surface area contributed by atoms with Crippen LogP contribution in [0.5, 0.6) is 0 Å². The topological polar surface area (TPSA) is 228 Å². The molecule has 4 unspecified atom stereocenters. The number of aliphatic carboxylic acids is 1. The van der Waals surface area contributed by atoms with Crippen LogP contribution in [0, 0.1) is 0 Å². The van der Waals surface area contributed by atoms with Gasteiger partial charge in [0, 0.05) is 36.6 Å². The van der Waals surface area contributed by atoms with Crippen LogP contribution in [-0.2, 0) is 38.4 Å². The number of hydrogen-bond acceptors (Lipinski definition) is 8. The zero-order valence-corrected chi connectivity index (χ0v) is 20.3. The van der Waals surface area contributed by atoms with Gasteiger partial charge in [-0.1, -0.05) is 30.3 Å². The standard InChI is InChI=1S/C24H30N8O6/c25-17(6-14-4-2-1-3-5-14)21(34)30-18(7-15-9-26-12-28-15)22(35)32-20(11-33)23(36)31-19(24(37)38)8-16-10-27-13-29-16/h1-5,9-10,12-13,17-20,33H,6-8,11,25H2,(H,26,28)(H,27,29)(H,30,34)(H,31,36)(H,32,35)(H,37,38). The first-order chi connectivity index (χ1) is 18.3. The van der Waals surface area contributed by atoms with E-state index in [1.807, 2.05) is 30.3 Å². The highest BCUT2D eigenvalue weighted by Gasteiger charge is 2.30. The van der Waals surface area contributed by atoms with Gasteiger partial charge in [0.05, 0.1) is 25.3 Å². The van der Waals surface area contributed by atoms with Crippen molar-refractivity contribution in [1.29, 1.82) is 0 Å². The number of benzene rings is 1. The van der Waals surface area contributed by atoms with Gasteiger partial charge in [-0.2, -0.15) is 0 Å². The van der Waals surface area contributed by atoms with Crippen molar-refractivity contribution in [2.75, 3.05) is 6.61 Å². The lowest BCUT2D eigenvalue weighted by atomic mass is 10.0. The molecule has 0 saturated heterocycles. The van der Waals surface area contributed by atoms with E-state index in [2.05, 4.69) is 35.9 Å². The molecule has 9 N–H and O–H groups in total. The molecule has 2 aromatic heterocycles. The predicted molar refractivity (Wildman–Crippen MR) is 133 cm³/mol. The normalized spacial score (nSPS) is 14.1. The van der Waals surface area contributed by atoms with Crippen molar-refractivity contribution in [3.63, 3.8) is 0 Å². The molecule has 4 atom stereocenters. The van der Waals surface area contributed by atoms with Gasteiger partial charge in [-0.3, -0.25) is 14.4 Å². The third-order valence-corrected chi connectivity index (χ3v) is 5.66. The predicted octanol–water partition coefficient (Wildman–Crippen LogP) is -1.98. The number of nitrogens with zero attached hydrogens (tertiary/aromatic N) is 2. The molecule has 0 saturated carbocycles. The number of H-pyrrole nitrogens is 2. The number of amides is 3. The van der Waals surface area contributed by atoms with Gasteiger partial charge in [-0.15, -0.1) is 0 Å². The number of aliphatic hydroxyl groups is 1. The van der Waals surface area contributed by atoms with Crippen LogP contribution in [-0.4, -0.2) is 84.6 Å². The molecule has 0 radical (unpaired) electrons. The number of hydrogen-bond donors (Lipinski definition) is 8. The second-order valence-electron chi connectivity index (χ2n) is 8.56. The van der Waals surface area contributed by atoms with Gasteiger partial charge in [0.15, 0.2) is 0 Å². The minimum absolute atomic E-state index is 0.00697. The van der Waals surface area contributed by atoms with Gasteiger partial charge in [0.25, 0.3) is 0 Å². The average Bonchev–Trinajstić information content (AvgIpc) is 3.61. The van der Waals surface area contributed by atoms with E-state index in [0.717, 1.165) is 5.56 Å². The fraction of sp³-hybridized carbons (Fsp3) is 0.333. The Bertz CT molecular complexity index is 1190. The summed E-state index contributed by atoms with van der Waals surface area (Å²) < 4.78 is 0. The van der Waals surface area contributed by atoms with Gasteiger partial charge >= 0.3 is 5.97 Å². The number of aliphatic hydroxyl groups excluding tert-OH is 1. The number of nitrogens with one attached hydrogen (secondary N) is 5. The molecule has 2 heterocycles. The Morgan fingerprint density at radius 2 is 1.32 bits per heavy atom. The summed E-state index contributed by atoms with van der Waals surface area (Å²) in [7, 11) is 0. The first-order valence-electron chi connectivity index (χ1n) is 11.8. The largest absolute Gasteiger partial charge is 0.480 e. The second kappa shape index (κ2) is 13.7. The molecule has 0 aliphatic heterocycles. The number of nitrogens with two attached hydrogens (primary N) is 1. The third-order valence-electron chi connectivity index (χ3n) is 5.66. The highest BCUT2D eigenvalue weighted by atomic mass is 16.4. The second-order valence-corrected chi connectivity index (χ2v) is 8.56. The van der Waals surface area contributed by atoms with Crippen LogP contribution in [0.3, 0.4) is 0 Å². The lowest BCUT2D eigenvalue weighted by Crippen LogP contribution is -2.58. The average molecular weight is 527 g/mol. The lowest BCUT2D eigenvalue weighted by molar-refractivity contribution is -0.142. The Morgan fingerprint density at radius 1 is 0.789 bits per heavy atom.